The van der Waals surface area contributed by atoms with Crippen molar-refractivity contribution in [2.75, 3.05) is 124 Å². The first-order valence-electron chi connectivity index (χ1n) is 42.3. The normalized spacial score (nSPS) is 20.6. The highest BCUT2D eigenvalue weighted by atomic mass is 32.2. The maximum Gasteiger partial charge on any atom is 0.317 e. The Balaban J connectivity index is 1.54. The molecule has 2 heterocycles. The first-order chi connectivity index (χ1) is 58.7. The summed E-state index contributed by atoms with van der Waals surface area (Å²) in [5, 5.41) is 71.7. The number of phenolic OH excluding ortho intramolecular Hbond substituents is 1. The number of unbranched alkanes of at least 4 members (excludes halogenated alkanes) is 3. The number of nitrogens with zero attached hydrogens (tertiary/aromatic N) is 6. The highest BCUT2D eigenvalue weighted by Gasteiger charge is 2.38. The largest absolute Gasteiger partial charge is 0.508 e. The fourth-order valence-corrected chi connectivity index (χ4v) is 14.9. The first kappa shape index (κ1) is 104. The van der Waals surface area contributed by atoms with Crippen LogP contribution in [0.25, 0.3) is 10.8 Å². The number of amides is 11. The summed E-state index contributed by atoms with van der Waals surface area (Å²) >= 11 is 0. The van der Waals surface area contributed by atoms with E-state index < -0.39 is 185 Å². The number of carbonyl (C=O) groups is 14. The van der Waals surface area contributed by atoms with E-state index in [2.05, 4.69) is 63.5 Å². The summed E-state index contributed by atoms with van der Waals surface area (Å²) in [6.07, 6.45) is 0.00373. The second kappa shape index (κ2) is 54.1. The van der Waals surface area contributed by atoms with Crippen molar-refractivity contribution in [3.63, 3.8) is 0 Å². The Bertz CT molecular complexity index is 4180. The summed E-state index contributed by atoms with van der Waals surface area (Å²) in [6, 6.07) is 6.65. The highest BCUT2D eigenvalue weighted by Crippen LogP contribution is 2.20. The van der Waals surface area contributed by atoms with Gasteiger partial charge in [-0.05, 0) is 145 Å². The molecular weight excluding hydrogens is 1630 g/mol. The molecule has 2 fully saturated rings. The van der Waals surface area contributed by atoms with Gasteiger partial charge in [0, 0.05) is 103 Å². The zero-order valence-corrected chi connectivity index (χ0v) is 72.7. The zero-order chi connectivity index (χ0) is 91.6. The molecule has 0 aromatic heterocycles. The number of hydrogen-bond acceptors (Lipinski definition) is 24. The van der Waals surface area contributed by atoms with Crippen molar-refractivity contribution in [1.29, 1.82) is 0 Å². The van der Waals surface area contributed by atoms with Gasteiger partial charge in [0.15, 0.2) is 5.96 Å². The average Bonchev–Trinajstić information content (AvgIpc) is 0.866. The van der Waals surface area contributed by atoms with Crippen LogP contribution in [0.3, 0.4) is 0 Å². The third kappa shape index (κ3) is 40.7. The van der Waals surface area contributed by atoms with E-state index in [1.807, 2.05) is 64.1 Å². The number of hydrogen-bond donors (Lipinski definition) is 19. The number of aliphatic imine (C=N–C) groups is 1. The number of fused-ring (bicyclic) bond motifs is 1. The summed E-state index contributed by atoms with van der Waals surface area (Å²) in [6.45, 7) is 9.97. The SMILES string of the molecule is CC(C)NCCCC[C@H](NC(=O)[C@H]1CCC(=O)N[C@@H](CCCCNC(=O)[C@@H](CNC(=O)CN2CCCN(CC(=O)O)CCN(CC(=O)O)CCN(CC(=O)O)CC2)CS(=O)(=O)O)C(=O)N[C@@H](Cc2ccc(O)cc2)C(=O)N(CCCCNC(C)C)[C@@H](C)C(=O)N[C@H](CCCN=C(N)N)C(=O)N[C@@H](Cc2ccc3ccccc3c2)C(=O)N[C@H](C)C(=O)N1)C(N)=O. The monoisotopic (exact) mass is 1760 g/mol. The summed E-state index contributed by atoms with van der Waals surface area (Å²) in [4.78, 5) is 208. The van der Waals surface area contributed by atoms with Gasteiger partial charge >= 0.3 is 17.9 Å². The molecule has 0 aliphatic carbocycles. The van der Waals surface area contributed by atoms with E-state index in [4.69, 9.17) is 17.2 Å². The molecule has 2 aliphatic heterocycles. The molecule has 0 spiro atoms. The fourth-order valence-electron chi connectivity index (χ4n) is 14.1. The number of carbonyl (C=O) groups excluding carboxylic acids is 11. The minimum Gasteiger partial charge on any atom is -0.508 e. The van der Waals surface area contributed by atoms with Gasteiger partial charge in [0.1, 0.15) is 54.1 Å². The number of rotatable bonds is 41. The number of benzene rings is 3. The molecule has 42 heteroatoms. The predicted molar refractivity (Wildman–Crippen MR) is 461 cm³/mol. The first-order valence-corrected chi connectivity index (χ1v) is 43.9. The van der Waals surface area contributed by atoms with Crippen molar-refractivity contribution >= 4 is 110 Å². The van der Waals surface area contributed by atoms with Crippen molar-refractivity contribution in [3.05, 3.63) is 77.9 Å². The molecule has 3 aromatic carbocycles. The number of nitrogens with one attached hydrogen (secondary N) is 11. The van der Waals surface area contributed by atoms with E-state index in [-0.39, 0.29) is 173 Å². The van der Waals surface area contributed by atoms with Crippen LogP contribution in [0.2, 0.25) is 0 Å². The van der Waals surface area contributed by atoms with E-state index >= 15 is 19.2 Å². The molecule has 0 unspecified atom stereocenters. The number of aliphatic carboxylic acids is 3. The third-order valence-electron chi connectivity index (χ3n) is 20.9. The molecule has 22 N–H and O–H groups in total. The van der Waals surface area contributed by atoms with Crippen LogP contribution in [0.4, 0.5) is 0 Å². The van der Waals surface area contributed by atoms with Gasteiger partial charge in [-0.25, -0.2) is 0 Å². The van der Waals surface area contributed by atoms with Gasteiger partial charge in [-0.1, -0.05) is 82.3 Å². The topological polar surface area (TPSA) is 613 Å². The lowest BCUT2D eigenvalue weighted by molar-refractivity contribution is -0.144. The van der Waals surface area contributed by atoms with Crippen molar-refractivity contribution in [2.45, 2.75) is 198 Å². The van der Waals surface area contributed by atoms with Crippen molar-refractivity contribution in [1.82, 2.24) is 83.0 Å². The fraction of sp³-hybridized carbons (Fsp3) is 0.622. The van der Waals surface area contributed by atoms with E-state index in [9.17, 15) is 81.3 Å². The molecular formula is C82H130N20O21S. The number of carboxylic acids is 3. The molecule has 11 amide bonds. The third-order valence-corrected chi connectivity index (χ3v) is 21.8. The standard InChI is InChI=1S/C82H130N20O21S/c1-52(2)86-30-11-9-19-62(73(83)112)93-79(118)65-28-29-68(104)92-63(20-10-12-32-88-76(115)60(51-124(121,122)123)46-90-69(105)47-98-34-16-35-99(48-70(106)107)38-40-101(50-72(110)111)42-41-100(39-37-98)49-71(108)109)77(116)97-67(44-56-23-26-61(103)27-24-56)81(120)102(36-14-13-31-87-53(3)4)55(6)75(114)95-64(21-15-33-89-82(84)85)78(117)96-66(80(119)91-54(5)74(113)94-65)45-57-22-25-58-17-7-8-18-59(58)43-57/h7-8,17-18,22-27,43,52-55,60,62-67,86-87,103H,9-16,19-21,28-42,44-51H2,1-6H3,(H2,83,112)(H,88,115)(H,90,105)(H,91,119)(H,92,104)(H,93,118)(H,94,113)(H,95,114)(H,96,117)(H,97,116)(H,106,107)(H,108,109)(H,110,111)(H4,84,85,89)(H,121,122,123)/t54-,55+,60+,62+,63+,64-,65-,66+,67+/m1/s1. The van der Waals surface area contributed by atoms with Crippen molar-refractivity contribution in [2.24, 2.45) is 28.1 Å². The van der Waals surface area contributed by atoms with Crippen LogP contribution in [-0.2, 0) is 90.1 Å². The predicted octanol–water partition coefficient (Wildman–Crippen LogP) is -2.99. The Morgan fingerprint density at radius 1 is 0.556 bits per heavy atom. The van der Waals surface area contributed by atoms with Gasteiger partial charge in [-0.3, -0.25) is 96.3 Å². The lowest BCUT2D eigenvalue weighted by Gasteiger charge is -2.34. The minimum absolute atomic E-state index is 0.0207. The smallest absolute Gasteiger partial charge is 0.317 e. The van der Waals surface area contributed by atoms with Crippen molar-refractivity contribution < 1.29 is 101 Å². The van der Waals surface area contributed by atoms with Crippen LogP contribution in [0.1, 0.15) is 136 Å². The highest BCUT2D eigenvalue weighted by molar-refractivity contribution is 7.85. The minimum atomic E-state index is -4.92. The quantitative estimate of drug-likeness (QED) is 0.0117. The maximum atomic E-state index is 15.8. The van der Waals surface area contributed by atoms with Crippen LogP contribution < -0.4 is 75.7 Å². The van der Waals surface area contributed by atoms with Gasteiger partial charge < -0.3 is 101 Å². The zero-order valence-electron chi connectivity index (χ0n) is 71.8. The maximum absolute atomic E-state index is 15.8. The number of nitrogens with two attached hydrogens (primary N) is 3. The second-order valence-corrected chi connectivity index (χ2v) is 33.6. The molecule has 5 rings (SSSR count). The Kier molecular flexibility index (Phi) is 45.3. The van der Waals surface area contributed by atoms with Gasteiger partial charge in [0.2, 0.25) is 65.0 Å². The van der Waals surface area contributed by atoms with E-state index in [1.165, 1.54) is 43.0 Å². The molecule has 0 radical (unpaired) electrons. The van der Waals surface area contributed by atoms with Crippen molar-refractivity contribution in [3.8, 4) is 5.75 Å². The van der Waals surface area contributed by atoms with E-state index in [1.54, 1.807) is 25.7 Å². The van der Waals surface area contributed by atoms with E-state index in [0.29, 0.717) is 43.5 Å². The summed E-state index contributed by atoms with van der Waals surface area (Å²) in [5.74, 6) is -16.6. The molecule has 0 bridgehead atoms. The molecule has 690 valence electrons. The molecule has 0 saturated carbocycles. The van der Waals surface area contributed by atoms with Crippen LogP contribution in [0.5, 0.6) is 5.75 Å². The summed E-state index contributed by atoms with van der Waals surface area (Å²) in [7, 11) is -4.92. The number of aromatic hydroxyl groups is 1. The molecule has 124 heavy (non-hydrogen) atoms. The molecule has 41 nitrogen and oxygen atoms in total. The Hall–Kier alpha value is -10.8. The summed E-state index contributed by atoms with van der Waals surface area (Å²) in [5.41, 5.74) is 18.2. The number of primary amides is 1. The number of phenols is 1. The molecule has 2 aliphatic rings. The lowest BCUT2D eigenvalue weighted by atomic mass is 10.00. The lowest BCUT2D eigenvalue weighted by Crippen LogP contribution is -2.60. The van der Waals surface area contributed by atoms with Crippen LogP contribution >= 0.6 is 0 Å². The Labute approximate surface area is 723 Å². The Morgan fingerprint density at radius 2 is 1.07 bits per heavy atom. The Morgan fingerprint density at radius 3 is 1.65 bits per heavy atom. The van der Waals surface area contributed by atoms with Crippen LogP contribution in [0.15, 0.2) is 71.7 Å². The number of guanidine groups is 1. The van der Waals surface area contributed by atoms with Gasteiger partial charge in [-0.2, -0.15) is 8.42 Å². The van der Waals surface area contributed by atoms with Gasteiger partial charge in [0.05, 0.1) is 37.8 Å². The van der Waals surface area contributed by atoms with Crippen LogP contribution in [-0.4, -0.2) is 331 Å². The van der Waals surface area contributed by atoms with Gasteiger partial charge in [0.25, 0.3) is 10.1 Å². The summed E-state index contributed by atoms with van der Waals surface area (Å²) < 4.78 is 35.1. The van der Waals surface area contributed by atoms with Gasteiger partial charge in [-0.15, -0.1) is 0 Å². The molecule has 3 aromatic rings. The molecule has 2 saturated heterocycles. The molecule has 9 atom stereocenters. The van der Waals surface area contributed by atoms with E-state index in [0.717, 1.165) is 10.8 Å². The number of carboxylic acid groups (broad SMARTS) is 3. The van der Waals surface area contributed by atoms with Crippen LogP contribution in [0, 0.1) is 5.92 Å². The second-order valence-electron chi connectivity index (χ2n) is 32.1. The average molecular weight is 1760 g/mol.